The summed E-state index contributed by atoms with van der Waals surface area (Å²) < 4.78 is 26.7. The Labute approximate surface area is 230 Å². The summed E-state index contributed by atoms with van der Waals surface area (Å²) in [6.07, 6.45) is -0.194. The predicted octanol–water partition coefficient (Wildman–Crippen LogP) is -1.35. The molecule has 13 heteroatoms. The molecule has 0 heterocycles. The van der Waals surface area contributed by atoms with E-state index in [1.54, 1.807) is 4.90 Å². The van der Waals surface area contributed by atoms with Crippen molar-refractivity contribution in [3.8, 4) is 0 Å². The molecule has 0 aliphatic carbocycles. The van der Waals surface area contributed by atoms with Crippen molar-refractivity contribution in [1.82, 2.24) is 4.90 Å². The van der Waals surface area contributed by atoms with Gasteiger partial charge in [-0.3, -0.25) is 4.90 Å². The average molecular weight is 566 g/mol. The van der Waals surface area contributed by atoms with E-state index in [1.807, 2.05) is 6.92 Å². The van der Waals surface area contributed by atoms with Gasteiger partial charge < -0.3 is 49.2 Å². The Balaban J connectivity index is 4.76. The summed E-state index contributed by atoms with van der Waals surface area (Å²) in [5.74, 6) is -1.16. The molecule has 0 aromatic heterocycles. The van der Waals surface area contributed by atoms with Gasteiger partial charge in [-0.15, -0.1) is 0 Å². The van der Waals surface area contributed by atoms with Crippen molar-refractivity contribution in [1.29, 1.82) is 0 Å². The Morgan fingerprint density at radius 1 is 0.769 bits per heavy atom. The molecule has 0 aliphatic rings. The third-order valence-corrected chi connectivity index (χ3v) is 5.31. The number of nitrogens with zero attached hydrogens (tertiary/aromatic N) is 1. The van der Waals surface area contributed by atoms with Crippen LogP contribution >= 0.6 is 0 Å². The minimum Gasteiger partial charge on any atom is -0.462 e. The fourth-order valence-corrected chi connectivity index (χ4v) is 3.25. The first-order chi connectivity index (χ1) is 18.6. The molecule has 0 aromatic carbocycles. The number of ether oxygens (including phenoxy) is 5. The van der Waals surface area contributed by atoms with E-state index >= 15 is 0 Å². The van der Waals surface area contributed by atoms with Gasteiger partial charge in [0.05, 0.1) is 84.4 Å². The maximum absolute atomic E-state index is 11.1. The summed E-state index contributed by atoms with van der Waals surface area (Å²) in [4.78, 5) is 23.9. The lowest BCUT2D eigenvalue weighted by atomic mass is 9.94. The molecule has 0 aromatic rings. The number of aliphatic hydroxyl groups excluding tert-OH is 5. The first-order valence-corrected chi connectivity index (χ1v) is 12.9. The van der Waals surface area contributed by atoms with Crippen LogP contribution in [0.25, 0.3) is 0 Å². The topological polar surface area (TPSA) is 185 Å². The lowest BCUT2D eigenvalue weighted by Crippen LogP contribution is -2.40. The van der Waals surface area contributed by atoms with Crippen LogP contribution in [-0.2, 0) is 33.3 Å². The molecule has 5 N–H and O–H groups in total. The summed E-state index contributed by atoms with van der Waals surface area (Å²) in [7, 11) is 0. The summed E-state index contributed by atoms with van der Waals surface area (Å²) in [5, 5.41) is 48.7. The molecule has 228 valence electrons. The van der Waals surface area contributed by atoms with Gasteiger partial charge in [-0.25, -0.2) is 9.59 Å². The fourth-order valence-electron chi connectivity index (χ4n) is 3.25. The molecular weight excluding hydrogens is 518 g/mol. The fraction of sp³-hybridized carbons (Fsp3) is 0.769. The number of hydrogen-bond donors (Lipinski definition) is 5. The Kier molecular flexibility index (Phi) is 21.7. The summed E-state index contributed by atoms with van der Waals surface area (Å²) in [6.45, 7) is 9.32. The molecule has 0 radical (unpaired) electrons. The molecule has 0 fully saturated rings. The van der Waals surface area contributed by atoms with Crippen LogP contribution in [0.4, 0.5) is 0 Å². The zero-order valence-corrected chi connectivity index (χ0v) is 22.9. The van der Waals surface area contributed by atoms with Gasteiger partial charge >= 0.3 is 11.9 Å². The van der Waals surface area contributed by atoms with Crippen LogP contribution in [0.1, 0.15) is 19.8 Å². The highest BCUT2D eigenvalue weighted by Gasteiger charge is 2.27. The third kappa shape index (κ3) is 20.6. The van der Waals surface area contributed by atoms with E-state index in [0.29, 0.717) is 13.1 Å². The number of carbonyl (C=O) groups is 2. The van der Waals surface area contributed by atoms with Crippen molar-refractivity contribution < 1.29 is 58.8 Å². The highest BCUT2D eigenvalue weighted by atomic mass is 16.5. The molecule has 13 nitrogen and oxygen atoms in total. The molecule has 3 atom stereocenters. The quantitative estimate of drug-likeness (QED) is 0.0613. The van der Waals surface area contributed by atoms with Gasteiger partial charge in [-0.2, -0.15) is 0 Å². The van der Waals surface area contributed by atoms with Crippen LogP contribution in [0.5, 0.6) is 0 Å². The van der Waals surface area contributed by atoms with Gasteiger partial charge in [-0.05, 0) is 0 Å². The van der Waals surface area contributed by atoms with Gasteiger partial charge in [0.25, 0.3) is 0 Å². The number of hydrogen-bond acceptors (Lipinski definition) is 13. The number of esters is 2. The smallest absolute Gasteiger partial charge is 0.330 e. The van der Waals surface area contributed by atoms with Crippen LogP contribution in [0.15, 0.2) is 25.3 Å². The van der Waals surface area contributed by atoms with Crippen LogP contribution < -0.4 is 0 Å². The normalized spacial score (nSPS) is 15.3. The summed E-state index contributed by atoms with van der Waals surface area (Å²) in [5.41, 5.74) is -0.723. The van der Waals surface area contributed by atoms with Crippen molar-refractivity contribution in [3.63, 3.8) is 0 Å². The van der Waals surface area contributed by atoms with Gasteiger partial charge in [0, 0.05) is 50.0 Å². The molecule has 3 unspecified atom stereocenters. The summed E-state index contributed by atoms with van der Waals surface area (Å²) in [6, 6.07) is 0. The molecule has 39 heavy (non-hydrogen) atoms. The van der Waals surface area contributed by atoms with E-state index in [9.17, 15) is 24.9 Å². The van der Waals surface area contributed by atoms with E-state index in [2.05, 4.69) is 13.2 Å². The third-order valence-electron chi connectivity index (χ3n) is 5.31. The minimum atomic E-state index is -0.875. The van der Waals surface area contributed by atoms with Gasteiger partial charge in [0.1, 0.15) is 0 Å². The number of aliphatic hydroxyl groups is 5. The van der Waals surface area contributed by atoms with E-state index in [1.165, 1.54) is 0 Å². The molecule has 0 bridgehead atoms. The van der Waals surface area contributed by atoms with Crippen molar-refractivity contribution in [2.45, 2.75) is 38.1 Å². The van der Waals surface area contributed by atoms with Gasteiger partial charge in [0.15, 0.2) is 0 Å². The van der Waals surface area contributed by atoms with E-state index in [0.717, 1.165) is 12.2 Å². The molecule has 0 saturated carbocycles. The highest BCUT2D eigenvalue weighted by Crippen LogP contribution is 2.19. The Bertz CT molecular complexity index is 633. The van der Waals surface area contributed by atoms with Gasteiger partial charge in [0.2, 0.25) is 0 Å². The second-order valence-corrected chi connectivity index (χ2v) is 9.39. The first-order valence-electron chi connectivity index (χ1n) is 12.9. The number of rotatable bonds is 26. The van der Waals surface area contributed by atoms with Crippen molar-refractivity contribution >= 4 is 11.9 Å². The monoisotopic (exact) mass is 565 g/mol. The van der Waals surface area contributed by atoms with Crippen LogP contribution in [0, 0.1) is 5.41 Å². The molecule has 0 rings (SSSR count). The molecule has 0 saturated heterocycles. The van der Waals surface area contributed by atoms with Crippen LogP contribution in [0.2, 0.25) is 0 Å². The Hall–Kier alpha value is -1.94. The zero-order valence-electron chi connectivity index (χ0n) is 22.9. The zero-order chi connectivity index (χ0) is 29.5. The molecule has 0 amide bonds. The number of carbonyl (C=O) groups excluding carboxylic acids is 2. The standard InChI is InChI=1S/C26H47NO12/c1-4-24(33)38-12-6-21(30)15-35-18-26(3,19-36-16-22(31)7-13-39-25(34)5-2)20-37-17-23(32)14-27(8-10-28)9-11-29/h4-5,21-23,28-32H,1-2,6-20H2,3H3. The minimum absolute atomic E-state index is 0.0142. The lowest BCUT2D eigenvalue weighted by molar-refractivity contribution is -0.139. The molecular formula is C26H47NO12. The van der Waals surface area contributed by atoms with Crippen LogP contribution in [-0.4, -0.2) is 146 Å². The van der Waals surface area contributed by atoms with Gasteiger partial charge in [-0.1, -0.05) is 20.1 Å². The molecule has 0 spiro atoms. The average Bonchev–Trinajstić information content (AvgIpc) is 2.88. The second kappa shape index (κ2) is 22.8. The summed E-state index contributed by atoms with van der Waals surface area (Å²) >= 11 is 0. The van der Waals surface area contributed by atoms with Crippen molar-refractivity contribution in [2.75, 3.05) is 85.7 Å². The largest absolute Gasteiger partial charge is 0.462 e. The Morgan fingerprint density at radius 3 is 1.51 bits per heavy atom. The Morgan fingerprint density at radius 2 is 1.15 bits per heavy atom. The highest BCUT2D eigenvalue weighted by molar-refractivity contribution is 5.81. The maximum atomic E-state index is 11.1. The van der Waals surface area contributed by atoms with E-state index < -0.39 is 35.7 Å². The van der Waals surface area contributed by atoms with E-state index in [-0.39, 0.29) is 85.5 Å². The van der Waals surface area contributed by atoms with Crippen molar-refractivity contribution in [2.24, 2.45) is 5.41 Å². The maximum Gasteiger partial charge on any atom is 0.330 e. The molecule has 0 aliphatic heterocycles. The SMILES string of the molecule is C=CC(=O)OCCC(O)COCC(C)(COCC(O)CCOC(=O)C=C)COCC(O)CN(CCO)CCO. The van der Waals surface area contributed by atoms with Crippen molar-refractivity contribution in [3.05, 3.63) is 25.3 Å². The second-order valence-electron chi connectivity index (χ2n) is 9.39. The van der Waals surface area contributed by atoms with Crippen LogP contribution in [0.3, 0.4) is 0 Å². The first kappa shape index (κ1) is 37.1. The predicted molar refractivity (Wildman–Crippen MR) is 141 cm³/mol. The van der Waals surface area contributed by atoms with E-state index in [4.69, 9.17) is 33.9 Å². The lowest BCUT2D eigenvalue weighted by Gasteiger charge is -2.30.